The topological polar surface area (TPSA) is 56.5 Å². The minimum absolute atomic E-state index is 0.217. The van der Waals surface area contributed by atoms with Crippen LogP contribution in [0.1, 0.15) is 37.7 Å². The van der Waals surface area contributed by atoms with E-state index in [1.807, 2.05) is 51.1 Å². The molecule has 9 heteroatoms. The molecule has 0 bridgehead atoms. The monoisotopic (exact) mass is 591 g/mol. The van der Waals surface area contributed by atoms with Gasteiger partial charge < -0.3 is 4.74 Å². The Labute approximate surface area is 226 Å². The lowest BCUT2D eigenvalue weighted by Gasteiger charge is -2.20. The molecular weight excluding hydrogens is 573 g/mol. The highest BCUT2D eigenvalue weighted by Gasteiger charge is 2.23. The van der Waals surface area contributed by atoms with Crippen LogP contribution in [-0.2, 0) is 12.0 Å². The van der Waals surface area contributed by atoms with Crippen LogP contribution in [0.4, 0.5) is 0 Å². The normalized spacial score (nSPS) is 12.0. The van der Waals surface area contributed by atoms with Gasteiger partial charge in [0, 0.05) is 20.5 Å². The van der Waals surface area contributed by atoms with Crippen molar-refractivity contribution in [2.24, 2.45) is 5.10 Å². The third-order valence-electron chi connectivity index (χ3n) is 5.15. The summed E-state index contributed by atoms with van der Waals surface area (Å²) < 4.78 is 7.94. The first-order chi connectivity index (χ1) is 16.5. The van der Waals surface area contributed by atoms with Crippen molar-refractivity contribution in [1.82, 2.24) is 9.66 Å². The van der Waals surface area contributed by atoms with Crippen LogP contribution >= 0.6 is 50.7 Å². The quantitative estimate of drug-likeness (QED) is 0.221. The molecule has 5 nitrogen and oxygen atoms in total. The summed E-state index contributed by atoms with van der Waals surface area (Å²) in [7, 11) is 0. The van der Waals surface area contributed by atoms with Gasteiger partial charge in [0.2, 0.25) is 0 Å². The SMILES string of the molecule is CC(C)(C)c1nc2ccc(Br)cc2c(=O)n1N=Cc1cc(Cl)c(OCc2ccccc2Cl)c(Cl)c1. The fourth-order valence-electron chi connectivity index (χ4n) is 3.42. The molecule has 0 aliphatic heterocycles. The minimum Gasteiger partial charge on any atom is -0.486 e. The van der Waals surface area contributed by atoms with E-state index in [1.165, 1.54) is 10.9 Å². The molecule has 0 radical (unpaired) electrons. The Kier molecular flexibility index (Phi) is 7.57. The van der Waals surface area contributed by atoms with E-state index >= 15 is 0 Å². The van der Waals surface area contributed by atoms with E-state index in [0.29, 0.717) is 43.1 Å². The first-order valence-electron chi connectivity index (χ1n) is 10.7. The van der Waals surface area contributed by atoms with Gasteiger partial charge in [0.25, 0.3) is 5.56 Å². The predicted molar refractivity (Wildman–Crippen MR) is 148 cm³/mol. The Hall–Kier alpha value is -2.38. The molecule has 0 saturated heterocycles. The lowest BCUT2D eigenvalue weighted by atomic mass is 9.95. The van der Waals surface area contributed by atoms with Crippen molar-refractivity contribution in [3.63, 3.8) is 0 Å². The number of ether oxygens (including phenoxy) is 1. The fraction of sp³-hybridized carbons (Fsp3) is 0.192. The van der Waals surface area contributed by atoms with E-state index in [1.54, 1.807) is 24.3 Å². The molecule has 0 fully saturated rings. The van der Waals surface area contributed by atoms with Crippen LogP contribution in [0.15, 0.2) is 69.0 Å². The van der Waals surface area contributed by atoms with Crippen LogP contribution in [0.3, 0.4) is 0 Å². The van der Waals surface area contributed by atoms with Crippen LogP contribution in [0, 0.1) is 0 Å². The second-order valence-corrected chi connectivity index (χ2v) is 11.0. The molecule has 0 saturated carbocycles. The first-order valence-corrected chi connectivity index (χ1v) is 12.6. The van der Waals surface area contributed by atoms with Gasteiger partial charge in [0.05, 0.1) is 27.2 Å². The van der Waals surface area contributed by atoms with Crippen LogP contribution in [0.5, 0.6) is 5.75 Å². The molecule has 0 aliphatic rings. The van der Waals surface area contributed by atoms with Gasteiger partial charge >= 0.3 is 0 Å². The number of fused-ring (bicyclic) bond motifs is 1. The Bertz CT molecular complexity index is 1490. The predicted octanol–water partition coefficient (Wildman–Crippen LogP) is 7.88. The summed E-state index contributed by atoms with van der Waals surface area (Å²) in [6, 6.07) is 16.1. The van der Waals surface area contributed by atoms with Gasteiger partial charge in [0.15, 0.2) is 5.75 Å². The van der Waals surface area contributed by atoms with Crippen molar-refractivity contribution < 1.29 is 4.74 Å². The summed E-state index contributed by atoms with van der Waals surface area (Å²) in [5, 5.41) is 6.15. The summed E-state index contributed by atoms with van der Waals surface area (Å²) in [5.74, 6) is 0.876. The Morgan fingerprint density at radius 1 is 1.03 bits per heavy atom. The zero-order chi connectivity index (χ0) is 25.3. The molecule has 180 valence electrons. The number of benzene rings is 3. The Morgan fingerprint density at radius 2 is 1.71 bits per heavy atom. The zero-order valence-corrected chi connectivity index (χ0v) is 23.0. The standard InChI is InChI=1S/C26H21BrCl3N3O2/c1-26(2,3)25-32-22-9-8-17(27)12-18(22)24(34)33(25)31-13-15-10-20(29)23(21(30)11-15)35-14-16-6-4-5-7-19(16)28/h4-13H,14H2,1-3H3. The van der Waals surface area contributed by atoms with Crippen molar-refractivity contribution >= 4 is 67.9 Å². The lowest BCUT2D eigenvalue weighted by molar-refractivity contribution is 0.306. The molecule has 0 amide bonds. The van der Waals surface area contributed by atoms with E-state index < -0.39 is 5.41 Å². The molecule has 3 aromatic carbocycles. The van der Waals surface area contributed by atoms with Crippen LogP contribution < -0.4 is 10.3 Å². The summed E-state index contributed by atoms with van der Waals surface area (Å²) in [4.78, 5) is 18.0. The third-order valence-corrected chi connectivity index (χ3v) is 6.58. The molecule has 35 heavy (non-hydrogen) atoms. The second kappa shape index (κ2) is 10.3. The highest BCUT2D eigenvalue weighted by atomic mass is 79.9. The average Bonchev–Trinajstić information content (AvgIpc) is 2.78. The van der Waals surface area contributed by atoms with Crippen LogP contribution in [0.25, 0.3) is 10.9 Å². The average molecular weight is 594 g/mol. The number of halogens is 4. The fourth-order valence-corrected chi connectivity index (χ4v) is 4.59. The smallest absolute Gasteiger partial charge is 0.282 e. The summed E-state index contributed by atoms with van der Waals surface area (Å²) in [6.45, 7) is 6.15. The molecule has 1 heterocycles. The molecule has 4 rings (SSSR count). The molecule has 4 aromatic rings. The van der Waals surface area contributed by atoms with Crippen molar-refractivity contribution in [1.29, 1.82) is 0 Å². The van der Waals surface area contributed by atoms with Crippen molar-refractivity contribution in [3.8, 4) is 5.75 Å². The highest BCUT2D eigenvalue weighted by molar-refractivity contribution is 9.10. The molecule has 0 aliphatic carbocycles. The number of rotatable bonds is 5. The summed E-state index contributed by atoms with van der Waals surface area (Å²) in [5.41, 5.74) is 1.33. The molecule has 0 spiro atoms. The summed E-state index contributed by atoms with van der Waals surface area (Å²) in [6.07, 6.45) is 1.53. The molecule has 0 atom stereocenters. The molecular formula is C26H21BrCl3N3O2. The molecule has 0 N–H and O–H groups in total. The maximum absolute atomic E-state index is 13.3. The van der Waals surface area contributed by atoms with E-state index in [-0.39, 0.29) is 12.2 Å². The molecule has 0 unspecified atom stereocenters. The Morgan fingerprint density at radius 3 is 2.37 bits per heavy atom. The minimum atomic E-state index is -0.427. The zero-order valence-electron chi connectivity index (χ0n) is 19.2. The van der Waals surface area contributed by atoms with Gasteiger partial charge in [0.1, 0.15) is 12.4 Å². The maximum atomic E-state index is 13.3. The van der Waals surface area contributed by atoms with E-state index in [4.69, 9.17) is 44.5 Å². The first kappa shape index (κ1) is 25.7. The van der Waals surface area contributed by atoms with Crippen LogP contribution in [0.2, 0.25) is 15.1 Å². The third kappa shape index (κ3) is 5.72. The summed E-state index contributed by atoms with van der Waals surface area (Å²) >= 11 is 22.5. The highest BCUT2D eigenvalue weighted by Crippen LogP contribution is 2.35. The van der Waals surface area contributed by atoms with Gasteiger partial charge in [-0.2, -0.15) is 9.78 Å². The molecule has 1 aromatic heterocycles. The largest absolute Gasteiger partial charge is 0.486 e. The van der Waals surface area contributed by atoms with Gasteiger partial charge in [-0.05, 0) is 42.0 Å². The van der Waals surface area contributed by atoms with Gasteiger partial charge in [-0.15, -0.1) is 0 Å². The van der Waals surface area contributed by atoms with Crippen molar-refractivity contribution in [2.75, 3.05) is 0 Å². The second-order valence-electron chi connectivity index (χ2n) is 8.90. The van der Waals surface area contributed by atoms with Crippen molar-refractivity contribution in [2.45, 2.75) is 32.8 Å². The number of nitrogens with zero attached hydrogens (tertiary/aromatic N) is 3. The van der Waals surface area contributed by atoms with Gasteiger partial charge in [-0.25, -0.2) is 4.98 Å². The van der Waals surface area contributed by atoms with Crippen molar-refractivity contribution in [3.05, 3.63) is 101 Å². The Balaban J connectivity index is 1.69. The van der Waals surface area contributed by atoms with E-state index in [0.717, 1.165) is 10.0 Å². The maximum Gasteiger partial charge on any atom is 0.282 e. The number of aromatic nitrogens is 2. The lowest BCUT2D eigenvalue weighted by Crippen LogP contribution is -2.29. The van der Waals surface area contributed by atoms with E-state index in [2.05, 4.69) is 21.0 Å². The number of hydrogen-bond donors (Lipinski definition) is 0. The van der Waals surface area contributed by atoms with Crippen LogP contribution in [-0.4, -0.2) is 15.9 Å². The van der Waals surface area contributed by atoms with Gasteiger partial charge in [-0.3, -0.25) is 4.79 Å². The number of hydrogen-bond acceptors (Lipinski definition) is 4. The van der Waals surface area contributed by atoms with Gasteiger partial charge in [-0.1, -0.05) is 89.7 Å². The van der Waals surface area contributed by atoms with E-state index in [9.17, 15) is 4.79 Å².